The highest BCUT2D eigenvalue weighted by molar-refractivity contribution is 8.00. The molecule has 1 heterocycles. The van der Waals surface area contributed by atoms with Crippen molar-refractivity contribution in [2.24, 2.45) is 10.8 Å². The first-order valence-electron chi connectivity index (χ1n) is 2.97. The molecule has 3 nitrogen and oxygen atoms in total. The van der Waals surface area contributed by atoms with E-state index in [0.717, 1.165) is 23.6 Å². The van der Waals surface area contributed by atoms with Gasteiger partial charge in [-0.15, -0.1) is 0 Å². The van der Waals surface area contributed by atoms with Crippen LogP contribution in [-0.2, 0) is 0 Å². The Balaban J connectivity index is 2.31. The van der Waals surface area contributed by atoms with Crippen LogP contribution in [0.25, 0.3) is 0 Å². The smallest absolute Gasteiger partial charge is 0.184 e. The third-order valence-corrected chi connectivity index (χ3v) is 2.25. The van der Waals surface area contributed by atoms with Gasteiger partial charge in [-0.25, -0.2) is 0 Å². The van der Waals surface area contributed by atoms with Crippen LogP contribution < -0.4 is 11.2 Å². The van der Waals surface area contributed by atoms with Gasteiger partial charge in [-0.1, -0.05) is 0 Å². The van der Waals surface area contributed by atoms with E-state index in [1.165, 1.54) is 0 Å². The minimum atomic E-state index is 0.240. The van der Waals surface area contributed by atoms with Gasteiger partial charge in [0.1, 0.15) is 0 Å². The zero-order chi connectivity index (χ0) is 7.40. The molecular formula is C5H9N3S2. The summed E-state index contributed by atoms with van der Waals surface area (Å²) in [6, 6.07) is 0. The zero-order valence-corrected chi connectivity index (χ0v) is 7.10. The van der Waals surface area contributed by atoms with Crippen LogP contribution in [0.4, 0.5) is 0 Å². The van der Waals surface area contributed by atoms with Crippen molar-refractivity contribution in [2.75, 3.05) is 11.5 Å². The van der Waals surface area contributed by atoms with Crippen LogP contribution in [-0.4, -0.2) is 22.3 Å². The number of hydrogen-bond acceptors (Lipinski definition) is 3. The Bertz CT molecular complexity index is 158. The lowest BCUT2D eigenvalue weighted by molar-refractivity contribution is 1.02. The summed E-state index contributed by atoms with van der Waals surface area (Å²) < 4.78 is 0. The van der Waals surface area contributed by atoms with Crippen LogP contribution in [0.1, 0.15) is 6.42 Å². The molecule has 1 fully saturated rings. The van der Waals surface area contributed by atoms with Gasteiger partial charge in [0.15, 0.2) is 5.11 Å². The van der Waals surface area contributed by atoms with E-state index in [1.54, 1.807) is 0 Å². The van der Waals surface area contributed by atoms with Crippen LogP contribution in [0.3, 0.4) is 0 Å². The van der Waals surface area contributed by atoms with Gasteiger partial charge in [0, 0.05) is 11.5 Å². The molecule has 0 spiro atoms. The van der Waals surface area contributed by atoms with Crippen LogP contribution in [0.2, 0.25) is 0 Å². The van der Waals surface area contributed by atoms with E-state index in [2.05, 4.69) is 22.7 Å². The number of thioether (sulfide) groups is 1. The predicted molar refractivity (Wildman–Crippen MR) is 49.3 cm³/mol. The first-order valence-corrected chi connectivity index (χ1v) is 4.54. The molecule has 0 amide bonds. The Morgan fingerprint density at radius 2 is 2.60 bits per heavy atom. The maximum atomic E-state index is 5.18. The molecule has 56 valence electrons. The Kier molecular flexibility index (Phi) is 2.95. The lowest BCUT2D eigenvalue weighted by atomic mass is 10.3. The summed E-state index contributed by atoms with van der Waals surface area (Å²) in [5, 5.41) is 4.24. The van der Waals surface area contributed by atoms with Crippen molar-refractivity contribution in [1.82, 2.24) is 5.43 Å². The number of hydrazone groups is 1. The van der Waals surface area contributed by atoms with Crippen molar-refractivity contribution < 1.29 is 0 Å². The molecule has 0 bridgehead atoms. The first-order chi connectivity index (χ1) is 4.79. The van der Waals surface area contributed by atoms with Gasteiger partial charge >= 0.3 is 0 Å². The quantitative estimate of drug-likeness (QED) is 0.445. The highest BCUT2D eigenvalue weighted by atomic mass is 32.2. The fourth-order valence-corrected chi connectivity index (χ4v) is 1.69. The largest absolute Gasteiger partial charge is 0.375 e. The highest BCUT2D eigenvalue weighted by Crippen LogP contribution is 2.13. The Morgan fingerprint density at radius 3 is 3.10 bits per heavy atom. The number of rotatable bonds is 1. The van der Waals surface area contributed by atoms with Gasteiger partial charge in [-0.3, -0.25) is 5.43 Å². The molecule has 1 aliphatic rings. The standard InChI is InChI=1S/C5H9N3S2/c6-5(9)8-7-4-1-2-10-3-4/h1-3H2,(H3,6,8,9)/b7-4+. The van der Waals surface area contributed by atoms with Crippen LogP contribution >= 0.6 is 24.0 Å². The summed E-state index contributed by atoms with van der Waals surface area (Å²) in [6.45, 7) is 0. The molecule has 3 N–H and O–H groups in total. The summed E-state index contributed by atoms with van der Waals surface area (Å²) in [7, 11) is 0. The molecule has 0 aromatic rings. The van der Waals surface area contributed by atoms with Gasteiger partial charge in [0.2, 0.25) is 0 Å². The number of nitrogens with one attached hydrogen (secondary N) is 1. The van der Waals surface area contributed by atoms with E-state index in [-0.39, 0.29) is 5.11 Å². The molecule has 5 heteroatoms. The molecule has 0 atom stereocenters. The van der Waals surface area contributed by atoms with Crippen molar-refractivity contribution in [2.45, 2.75) is 6.42 Å². The number of nitrogens with zero attached hydrogens (tertiary/aromatic N) is 1. The number of nitrogens with two attached hydrogens (primary N) is 1. The first kappa shape index (κ1) is 7.81. The van der Waals surface area contributed by atoms with Crippen LogP contribution in [0.15, 0.2) is 5.10 Å². The van der Waals surface area contributed by atoms with Gasteiger partial charge in [0.25, 0.3) is 0 Å². The Morgan fingerprint density at radius 1 is 1.80 bits per heavy atom. The van der Waals surface area contributed by atoms with Crippen molar-refractivity contribution in [3.05, 3.63) is 0 Å². The second-order valence-electron chi connectivity index (χ2n) is 1.96. The average Bonchev–Trinajstić information content (AvgIpc) is 2.34. The van der Waals surface area contributed by atoms with Crippen LogP contribution in [0.5, 0.6) is 0 Å². The van der Waals surface area contributed by atoms with Gasteiger partial charge in [-0.2, -0.15) is 16.9 Å². The maximum absolute atomic E-state index is 5.18. The molecule has 0 unspecified atom stereocenters. The molecule has 1 aliphatic heterocycles. The minimum absolute atomic E-state index is 0.240. The average molecular weight is 175 g/mol. The van der Waals surface area contributed by atoms with E-state index < -0.39 is 0 Å². The molecule has 1 rings (SSSR count). The zero-order valence-electron chi connectivity index (χ0n) is 5.46. The van der Waals surface area contributed by atoms with E-state index in [4.69, 9.17) is 5.73 Å². The summed E-state index contributed by atoms with van der Waals surface area (Å²) >= 11 is 6.46. The van der Waals surface area contributed by atoms with E-state index in [9.17, 15) is 0 Å². The van der Waals surface area contributed by atoms with E-state index >= 15 is 0 Å². The second kappa shape index (κ2) is 3.78. The van der Waals surface area contributed by atoms with Crippen LogP contribution in [0, 0.1) is 0 Å². The monoisotopic (exact) mass is 175 g/mol. The minimum Gasteiger partial charge on any atom is -0.375 e. The fourth-order valence-electron chi connectivity index (χ4n) is 0.674. The summed E-state index contributed by atoms with van der Waals surface area (Å²) in [5.41, 5.74) is 8.90. The summed E-state index contributed by atoms with van der Waals surface area (Å²) in [4.78, 5) is 0. The molecule has 1 saturated heterocycles. The highest BCUT2D eigenvalue weighted by Gasteiger charge is 2.07. The molecule has 0 aromatic heterocycles. The Labute approximate surface area is 69.4 Å². The Hall–Kier alpha value is -0.290. The van der Waals surface area contributed by atoms with Gasteiger partial charge in [-0.05, 0) is 24.4 Å². The third kappa shape index (κ3) is 2.53. The second-order valence-corrected chi connectivity index (χ2v) is 3.50. The summed E-state index contributed by atoms with van der Waals surface area (Å²) in [6.07, 6.45) is 1.06. The molecule has 10 heavy (non-hydrogen) atoms. The topological polar surface area (TPSA) is 50.4 Å². The molecule has 0 saturated carbocycles. The lowest BCUT2D eigenvalue weighted by Crippen LogP contribution is -2.25. The van der Waals surface area contributed by atoms with Crippen molar-refractivity contribution in [3.8, 4) is 0 Å². The molecular weight excluding hydrogens is 166 g/mol. The SMILES string of the molecule is NC(=S)N/N=C1\CCSC1. The van der Waals surface area contributed by atoms with Crippen molar-refractivity contribution in [3.63, 3.8) is 0 Å². The number of hydrogen-bond donors (Lipinski definition) is 2. The molecule has 0 aliphatic carbocycles. The summed E-state index contributed by atoms with van der Waals surface area (Å²) in [5.74, 6) is 2.17. The third-order valence-electron chi connectivity index (χ3n) is 1.13. The lowest BCUT2D eigenvalue weighted by Gasteiger charge is -1.95. The fraction of sp³-hybridized carbons (Fsp3) is 0.600. The van der Waals surface area contributed by atoms with E-state index in [1.807, 2.05) is 11.8 Å². The van der Waals surface area contributed by atoms with E-state index in [0.29, 0.717) is 0 Å². The van der Waals surface area contributed by atoms with Gasteiger partial charge < -0.3 is 5.73 Å². The van der Waals surface area contributed by atoms with Crippen molar-refractivity contribution >= 4 is 34.8 Å². The van der Waals surface area contributed by atoms with Crippen molar-refractivity contribution in [1.29, 1.82) is 0 Å². The molecule has 0 aromatic carbocycles. The molecule has 0 radical (unpaired) electrons. The normalized spacial score (nSPS) is 21.4. The maximum Gasteiger partial charge on any atom is 0.184 e. The number of thiocarbonyl (C=S) groups is 1. The van der Waals surface area contributed by atoms with Gasteiger partial charge in [0.05, 0.1) is 0 Å². The predicted octanol–water partition coefficient (Wildman–Crippen LogP) is 0.313.